The maximum absolute atomic E-state index is 11.1. The maximum Gasteiger partial charge on any atom is 0.349 e. The molecule has 0 aliphatic rings. The van der Waals surface area contributed by atoms with Crippen LogP contribution in [0.5, 0.6) is 0 Å². The fraction of sp³-hybridized carbons (Fsp3) is 0. The molecule has 6 heteroatoms. The van der Waals surface area contributed by atoms with E-state index >= 15 is 0 Å². The molecule has 0 bridgehead atoms. The zero-order valence-corrected chi connectivity index (χ0v) is 6.64. The Bertz CT molecular complexity index is 471. The molecule has 0 aliphatic carbocycles. The Hall–Kier alpha value is -2.11. The number of aromatic amines is 1. The molecule has 2 aromatic heterocycles. The minimum atomic E-state index is -0.356. The highest BCUT2D eigenvalue weighted by molar-refractivity contribution is 5.51. The molecule has 0 fully saturated rings. The van der Waals surface area contributed by atoms with Gasteiger partial charge in [-0.15, -0.1) is 0 Å². The SMILES string of the molecule is Nc1cccnc1-n1cn[nH]c1=O. The van der Waals surface area contributed by atoms with E-state index in [2.05, 4.69) is 15.2 Å². The number of H-pyrrole nitrogens is 1. The number of hydrogen-bond acceptors (Lipinski definition) is 4. The van der Waals surface area contributed by atoms with Crippen molar-refractivity contribution in [2.45, 2.75) is 0 Å². The molecule has 0 spiro atoms. The fourth-order valence-electron chi connectivity index (χ4n) is 1.01. The monoisotopic (exact) mass is 177 g/mol. The third-order valence-corrected chi connectivity index (χ3v) is 1.60. The lowest BCUT2D eigenvalue weighted by molar-refractivity contribution is 0.943. The van der Waals surface area contributed by atoms with Crippen molar-refractivity contribution < 1.29 is 0 Å². The lowest BCUT2D eigenvalue weighted by Gasteiger charge is -2.00. The first-order chi connectivity index (χ1) is 6.29. The molecule has 0 radical (unpaired) electrons. The molecule has 0 saturated heterocycles. The number of nitrogen functional groups attached to an aromatic ring is 1. The van der Waals surface area contributed by atoms with Gasteiger partial charge in [0.25, 0.3) is 0 Å². The molecule has 0 atom stereocenters. The van der Waals surface area contributed by atoms with Gasteiger partial charge in [-0.25, -0.2) is 19.4 Å². The molecule has 2 heterocycles. The molecular formula is C7H7N5O. The summed E-state index contributed by atoms with van der Waals surface area (Å²) < 4.78 is 1.25. The number of nitrogens with zero attached hydrogens (tertiary/aromatic N) is 3. The summed E-state index contributed by atoms with van der Waals surface area (Å²) in [5.74, 6) is 0.390. The summed E-state index contributed by atoms with van der Waals surface area (Å²) in [4.78, 5) is 15.1. The molecule has 0 aliphatic heterocycles. The standard InChI is InChI=1S/C7H7N5O/c8-5-2-1-3-9-6(5)12-4-10-11-7(12)13/h1-4H,8H2,(H,11,13). The molecule has 2 aromatic rings. The molecule has 0 saturated carbocycles. The Morgan fingerprint density at radius 3 is 3.00 bits per heavy atom. The Morgan fingerprint density at radius 2 is 2.38 bits per heavy atom. The number of anilines is 1. The molecule has 0 unspecified atom stereocenters. The second-order valence-electron chi connectivity index (χ2n) is 2.45. The fourth-order valence-corrected chi connectivity index (χ4v) is 1.01. The quantitative estimate of drug-likeness (QED) is 0.616. The summed E-state index contributed by atoms with van der Waals surface area (Å²) in [7, 11) is 0. The summed E-state index contributed by atoms with van der Waals surface area (Å²) in [6.45, 7) is 0. The average molecular weight is 177 g/mol. The van der Waals surface area contributed by atoms with E-state index in [-0.39, 0.29) is 5.69 Å². The van der Waals surface area contributed by atoms with Crippen molar-refractivity contribution in [2.75, 3.05) is 5.73 Å². The lowest BCUT2D eigenvalue weighted by Crippen LogP contribution is -2.16. The summed E-state index contributed by atoms with van der Waals surface area (Å²) >= 11 is 0. The normalized spacial score (nSPS) is 10.2. The summed E-state index contributed by atoms with van der Waals surface area (Å²) in [5, 5.41) is 5.83. The van der Waals surface area contributed by atoms with E-state index in [0.29, 0.717) is 11.5 Å². The largest absolute Gasteiger partial charge is 0.396 e. The maximum atomic E-state index is 11.1. The predicted molar refractivity (Wildman–Crippen MR) is 46.4 cm³/mol. The van der Waals surface area contributed by atoms with Crippen molar-refractivity contribution in [1.29, 1.82) is 0 Å². The van der Waals surface area contributed by atoms with Gasteiger partial charge in [0.1, 0.15) is 6.33 Å². The number of pyridine rings is 1. The van der Waals surface area contributed by atoms with Gasteiger partial charge in [0, 0.05) is 6.20 Å². The van der Waals surface area contributed by atoms with Crippen LogP contribution in [0.2, 0.25) is 0 Å². The molecule has 66 valence electrons. The molecule has 3 N–H and O–H groups in total. The van der Waals surface area contributed by atoms with Crippen molar-refractivity contribution in [1.82, 2.24) is 19.7 Å². The first-order valence-corrected chi connectivity index (χ1v) is 3.62. The molecular weight excluding hydrogens is 170 g/mol. The minimum Gasteiger partial charge on any atom is -0.396 e. The van der Waals surface area contributed by atoms with Gasteiger partial charge in [0.15, 0.2) is 5.82 Å². The van der Waals surface area contributed by atoms with E-state index in [0.717, 1.165) is 0 Å². The lowest BCUT2D eigenvalue weighted by atomic mass is 10.4. The van der Waals surface area contributed by atoms with Crippen LogP contribution < -0.4 is 11.4 Å². The van der Waals surface area contributed by atoms with Crippen LogP contribution in [0.15, 0.2) is 29.5 Å². The summed E-state index contributed by atoms with van der Waals surface area (Å²) in [5.41, 5.74) is 5.70. The van der Waals surface area contributed by atoms with Crippen LogP contribution in [0.3, 0.4) is 0 Å². The van der Waals surface area contributed by atoms with Crippen LogP contribution in [0.1, 0.15) is 0 Å². The van der Waals surface area contributed by atoms with Gasteiger partial charge in [-0.2, -0.15) is 5.10 Å². The van der Waals surface area contributed by atoms with Gasteiger partial charge in [-0.1, -0.05) is 0 Å². The minimum absolute atomic E-state index is 0.356. The first kappa shape index (κ1) is 7.53. The molecule has 0 amide bonds. The Kier molecular flexibility index (Phi) is 1.59. The van der Waals surface area contributed by atoms with Crippen LogP contribution in [0.4, 0.5) is 5.69 Å². The summed E-state index contributed by atoms with van der Waals surface area (Å²) in [6, 6.07) is 3.37. The molecule has 6 nitrogen and oxygen atoms in total. The van der Waals surface area contributed by atoms with Crippen molar-refractivity contribution >= 4 is 5.69 Å². The van der Waals surface area contributed by atoms with Crippen molar-refractivity contribution in [3.05, 3.63) is 35.1 Å². The summed E-state index contributed by atoms with van der Waals surface area (Å²) in [6.07, 6.45) is 2.89. The van der Waals surface area contributed by atoms with E-state index in [1.165, 1.54) is 10.9 Å². The van der Waals surface area contributed by atoms with Crippen molar-refractivity contribution in [3.63, 3.8) is 0 Å². The zero-order chi connectivity index (χ0) is 9.26. The number of nitrogens with two attached hydrogens (primary N) is 1. The molecule has 0 aromatic carbocycles. The molecule has 2 rings (SSSR count). The molecule has 13 heavy (non-hydrogen) atoms. The second-order valence-corrected chi connectivity index (χ2v) is 2.45. The smallest absolute Gasteiger partial charge is 0.349 e. The van der Waals surface area contributed by atoms with Crippen LogP contribution in [0, 0.1) is 0 Å². The number of aromatic nitrogens is 4. The predicted octanol–water partition coefficient (Wildman–Crippen LogP) is -0.462. The zero-order valence-electron chi connectivity index (χ0n) is 6.64. The highest BCUT2D eigenvalue weighted by Crippen LogP contribution is 2.09. The van der Waals surface area contributed by atoms with Gasteiger partial charge in [0.2, 0.25) is 0 Å². The second kappa shape index (κ2) is 2.74. The third kappa shape index (κ3) is 1.18. The third-order valence-electron chi connectivity index (χ3n) is 1.60. The van der Waals surface area contributed by atoms with Crippen LogP contribution >= 0.6 is 0 Å². The number of hydrogen-bond donors (Lipinski definition) is 2. The van der Waals surface area contributed by atoms with E-state index < -0.39 is 0 Å². The van der Waals surface area contributed by atoms with Gasteiger partial charge < -0.3 is 5.73 Å². The topological polar surface area (TPSA) is 89.6 Å². The van der Waals surface area contributed by atoms with Gasteiger partial charge in [-0.05, 0) is 12.1 Å². The highest BCUT2D eigenvalue weighted by Gasteiger charge is 2.04. The van der Waals surface area contributed by atoms with Crippen LogP contribution in [0.25, 0.3) is 5.82 Å². The Labute approximate surface area is 73.0 Å². The van der Waals surface area contributed by atoms with Crippen LogP contribution in [-0.2, 0) is 0 Å². The van der Waals surface area contributed by atoms with Gasteiger partial charge in [0.05, 0.1) is 5.69 Å². The van der Waals surface area contributed by atoms with Gasteiger partial charge in [-0.3, -0.25) is 0 Å². The Morgan fingerprint density at radius 1 is 1.54 bits per heavy atom. The van der Waals surface area contributed by atoms with Crippen molar-refractivity contribution in [3.8, 4) is 5.82 Å². The van der Waals surface area contributed by atoms with Crippen LogP contribution in [-0.4, -0.2) is 19.7 Å². The van der Waals surface area contributed by atoms with E-state index in [9.17, 15) is 4.79 Å². The van der Waals surface area contributed by atoms with E-state index in [4.69, 9.17) is 5.73 Å². The van der Waals surface area contributed by atoms with Gasteiger partial charge >= 0.3 is 5.69 Å². The van der Waals surface area contributed by atoms with Crippen molar-refractivity contribution in [2.24, 2.45) is 0 Å². The Balaban J connectivity index is 2.66. The highest BCUT2D eigenvalue weighted by atomic mass is 16.1. The number of rotatable bonds is 1. The first-order valence-electron chi connectivity index (χ1n) is 3.62. The number of nitrogens with one attached hydrogen (secondary N) is 1. The average Bonchev–Trinajstić information content (AvgIpc) is 2.52. The van der Waals surface area contributed by atoms with E-state index in [1.54, 1.807) is 18.3 Å². The van der Waals surface area contributed by atoms with E-state index in [1.807, 2.05) is 0 Å².